The second kappa shape index (κ2) is 6.61. The second-order valence-corrected chi connectivity index (χ2v) is 8.27. The zero-order chi connectivity index (χ0) is 19.3. The predicted molar refractivity (Wildman–Crippen MR) is 113 cm³/mol. The Kier molecular flexibility index (Phi) is 4.18. The van der Waals surface area contributed by atoms with Gasteiger partial charge in [0.05, 0.1) is 23.2 Å². The number of para-hydroxylation sites is 2. The molecule has 2 aromatic carbocycles. The standard InChI is InChI=1S/C23H28N4O/c1-3-26(2)20-16-8-4-5-9-17(16)23(21(20)28)12-14-27(15-13-23)22-24-18-10-6-7-11-19(18)25-22/h4-11,20-21,28H,3,12-15H2,1-2H3,(H,24,25)/t20-,21+/m0/s1. The van der Waals surface area contributed by atoms with Gasteiger partial charge in [0.2, 0.25) is 5.95 Å². The predicted octanol–water partition coefficient (Wildman–Crippen LogP) is 3.47. The molecule has 146 valence electrons. The first-order valence-electron chi connectivity index (χ1n) is 10.3. The van der Waals surface area contributed by atoms with E-state index in [1.807, 2.05) is 18.2 Å². The average molecular weight is 377 g/mol. The van der Waals surface area contributed by atoms with Crippen molar-refractivity contribution in [1.82, 2.24) is 14.9 Å². The number of nitrogens with zero attached hydrogens (tertiary/aromatic N) is 3. The summed E-state index contributed by atoms with van der Waals surface area (Å²) < 4.78 is 0. The molecule has 1 aromatic heterocycles. The number of nitrogens with one attached hydrogen (secondary N) is 1. The Bertz CT molecular complexity index is 956. The number of fused-ring (bicyclic) bond motifs is 3. The molecule has 2 N–H and O–H groups in total. The van der Waals surface area contributed by atoms with E-state index < -0.39 is 0 Å². The molecule has 1 fully saturated rings. The molecule has 5 rings (SSSR count). The van der Waals surface area contributed by atoms with Gasteiger partial charge in [0.1, 0.15) is 0 Å². The summed E-state index contributed by atoms with van der Waals surface area (Å²) in [5.74, 6) is 0.944. The highest BCUT2D eigenvalue weighted by Crippen LogP contribution is 2.52. The molecule has 2 atom stereocenters. The van der Waals surface area contributed by atoms with Gasteiger partial charge in [-0.05, 0) is 49.7 Å². The van der Waals surface area contributed by atoms with Gasteiger partial charge in [-0.3, -0.25) is 4.90 Å². The van der Waals surface area contributed by atoms with Gasteiger partial charge in [0.15, 0.2) is 0 Å². The third-order valence-electron chi connectivity index (χ3n) is 6.99. The third-order valence-corrected chi connectivity index (χ3v) is 6.99. The molecule has 28 heavy (non-hydrogen) atoms. The van der Waals surface area contributed by atoms with Crippen molar-refractivity contribution in [3.05, 3.63) is 59.7 Å². The molecule has 2 aliphatic rings. The van der Waals surface area contributed by atoms with E-state index in [0.717, 1.165) is 49.5 Å². The summed E-state index contributed by atoms with van der Waals surface area (Å²) in [4.78, 5) is 12.8. The van der Waals surface area contributed by atoms with Crippen LogP contribution in [-0.2, 0) is 5.41 Å². The number of anilines is 1. The van der Waals surface area contributed by atoms with Gasteiger partial charge < -0.3 is 15.0 Å². The van der Waals surface area contributed by atoms with E-state index >= 15 is 0 Å². The van der Waals surface area contributed by atoms with Crippen molar-refractivity contribution in [2.75, 3.05) is 31.6 Å². The minimum atomic E-state index is -0.368. The van der Waals surface area contributed by atoms with Crippen LogP contribution in [0, 0.1) is 0 Å². The van der Waals surface area contributed by atoms with Crippen molar-refractivity contribution < 1.29 is 5.11 Å². The molecule has 1 spiro atoms. The van der Waals surface area contributed by atoms with Gasteiger partial charge in [0.25, 0.3) is 0 Å². The van der Waals surface area contributed by atoms with Crippen LogP contribution in [0.2, 0.25) is 0 Å². The molecule has 3 aromatic rings. The Morgan fingerprint density at radius 1 is 1.14 bits per heavy atom. The quantitative estimate of drug-likeness (QED) is 0.735. The molecule has 1 aliphatic heterocycles. The number of aliphatic hydroxyl groups excluding tert-OH is 1. The normalized spacial score (nSPS) is 23.6. The highest BCUT2D eigenvalue weighted by molar-refractivity contribution is 5.77. The average Bonchev–Trinajstić information content (AvgIpc) is 3.27. The lowest BCUT2D eigenvalue weighted by Crippen LogP contribution is -2.49. The van der Waals surface area contributed by atoms with E-state index in [4.69, 9.17) is 4.98 Å². The van der Waals surface area contributed by atoms with E-state index in [9.17, 15) is 5.11 Å². The molecule has 0 saturated carbocycles. The molecular weight excluding hydrogens is 348 g/mol. The van der Waals surface area contributed by atoms with Crippen LogP contribution in [0.15, 0.2) is 48.5 Å². The summed E-state index contributed by atoms with van der Waals surface area (Å²) in [6.45, 7) is 4.88. The number of likely N-dealkylation sites (N-methyl/N-ethyl adjacent to an activating group) is 1. The summed E-state index contributed by atoms with van der Waals surface area (Å²) >= 11 is 0. The topological polar surface area (TPSA) is 55.4 Å². The molecular formula is C23H28N4O. The summed E-state index contributed by atoms with van der Waals surface area (Å²) in [7, 11) is 2.12. The van der Waals surface area contributed by atoms with E-state index in [2.05, 4.69) is 59.1 Å². The van der Waals surface area contributed by atoms with Crippen LogP contribution in [0.4, 0.5) is 5.95 Å². The Morgan fingerprint density at radius 2 is 1.86 bits per heavy atom. The van der Waals surface area contributed by atoms with Gasteiger partial charge in [-0.1, -0.05) is 43.3 Å². The largest absolute Gasteiger partial charge is 0.390 e. The zero-order valence-electron chi connectivity index (χ0n) is 16.6. The number of aromatic nitrogens is 2. The summed E-state index contributed by atoms with van der Waals surface area (Å²) in [6, 6.07) is 16.9. The van der Waals surface area contributed by atoms with Gasteiger partial charge in [-0.2, -0.15) is 0 Å². The number of hydrogen-bond acceptors (Lipinski definition) is 4. The molecule has 5 nitrogen and oxygen atoms in total. The van der Waals surface area contributed by atoms with E-state index in [0.29, 0.717) is 0 Å². The minimum Gasteiger partial charge on any atom is -0.390 e. The van der Waals surface area contributed by atoms with Crippen LogP contribution in [-0.4, -0.2) is 52.8 Å². The molecule has 1 aliphatic carbocycles. The number of rotatable bonds is 3. The second-order valence-electron chi connectivity index (χ2n) is 8.27. The fourth-order valence-corrected chi connectivity index (χ4v) is 5.29. The van der Waals surface area contributed by atoms with Crippen LogP contribution in [0.1, 0.15) is 36.9 Å². The summed E-state index contributed by atoms with van der Waals surface area (Å²) in [5.41, 5.74) is 4.57. The lowest BCUT2D eigenvalue weighted by molar-refractivity contribution is 0.0105. The van der Waals surface area contributed by atoms with Crippen molar-refractivity contribution >= 4 is 17.0 Å². The minimum absolute atomic E-state index is 0.0824. The molecule has 0 unspecified atom stereocenters. The molecule has 2 heterocycles. The molecule has 1 saturated heterocycles. The maximum absolute atomic E-state index is 11.5. The Hall–Kier alpha value is -2.37. The summed E-state index contributed by atoms with van der Waals surface area (Å²) in [6.07, 6.45) is 1.51. The van der Waals surface area contributed by atoms with Crippen molar-refractivity contribution in [1.29, 1.82) is 0 Å². The van der Waals surface area contributed by atoms with Crippen LogP contribution in [0.25, 0.3) is 11.0 Å². The van der Waals surface area contributed by atoms with E-state index in [1.165, 1.54) is 11.1 Å². The van der Waals surface area contributed by atoms with E-state index in [1.54, 1.807) is 0 Å². The maximum Gasteiger partial charge on any atom is 0.203 e. The lowest BCUT2D eigenvalue weighted by atomic mass is 9.72. The number of piperidine rings is 1. The van der Waals surface area contributed by atoms with Crippen molar-refractivity contribution in [3.8, 4) is 0 Å². The Labute approximate surface area is 166 Å². The van der Waals surface area contributed by atoms with Crippen LogP contribution in [0.3, 0.4) is 0 Å². The molecule has 0 amide bonds. The van der Waals surface area contributed by atoms with E-state index in [-0.39, 0.29) is 17.6 Å². The first kappa shape index (κ1) is 17.7. The number of imidazole rings is 1. The van der Waals surface area contributed by atoms with Gasteiger partial charge in [-0.25, -0.2) is 4.98 Å². The first-order valence-corrected chi connectivity index (χ1v) is 10.3. The highest BCUT2D eigenvalue weighted by Gasteiger charge is 2.53. The highest BCUT2D eigenvalue weighted by atomic mass is 16.3. The third kappa shape index (κ3) is 2.50. The summed E-state index contributed by atoms with van der Waals surface area (Å²) in [5, 5.41) is 11.5. The number of hydrogen-bond donors (Lipinski definition) is 2. The Morgan fingerprint density at radius 3 is 2.61 bits per heavy atom. The number of aromatic amines is 1. The number of aliphatic hydroxyl groups is 1. The van der Waals surface area contributed by atoms with Gasteiger partial charge >= 0.3 is 0 Å². The van der Waals surface area contributed by atoms with Gasteiger partial charge in [-0.15, -0.1) is 0 Å². The number of benzene rings is 2. The van der Waals surface area contributed by atoms with Crippen LogP contribution >= 0.6 is 0 Å². The molecule has 5 heteroatoms. The fraction of sp³-hybridized carbons (Fsp3) is 0.435. The van der Waals surface area contributed by atoms with Crippen molar-refractivity contribution in [3.63, 3.8) is 0 Å². The maximum atomic E-state index is 11.5. The van der Waals surface area contributed by atoms with Crippen molar-refractivity contribution in [2.45, 2.75) is 37.3 Å². The molecule has 0 radical (unpaired) electrons. The van der Waals surface area contributed by atoms with Crippen molar-refractivity contribution in [2.24, 2.45) is 0 Å². The van der Waals surface area contributed by atoms with Crippen LogP contribution < -0.4 is 4.90 Å². The van der Waals surface area contributed by atoms with Gasteiger partial charge in [0, 0.05) is 18.5 Å². The zero-order valence-corrected chi connectivity index (χ0v) is 16.6. The monoisotopic (exact) mass is 376 g/mol. The van der Waals surface area contributed by atoms with Crippen LogP contribution in [0.5, 0.6) is 0 Å². The fourth-order valence-electron chi connectivity index (χ4n) is 5.29. The lowest BCUT2D eigenvalue weighted by Gasteiger charge is -2.43. The Balaban J connectivity index is 1.44. The molecule has 0 bridgehead atoms. The smallest absolute Gasteiger partial charge is 0.203 e. The first-order chi connectivity index (χ1) is 13.6. The number of H-pyrrole nitrogens is 1. The SMILES string of the molecule is CCN(C)[C@H]1c2ccccc2C2(CCN(c3nc4ccccc4[nH]3)CC2)[C@@H]1O.